The Morgan fingerprint density at radius 1 is 1.35 bits per heavy atom. The third-order valence-corrected chi connectivity index (χ3v) is 2.50. The van der Waals surface area contributed by atoms with E-state index >= 15 is 0 Å². The Morgan fingerprint density at radius 3 is 2.80 bits per heavy atom. The van der Waals surface area contributed by atoms with E-state index in [4.69, 9.17) is 9.47 Å². The van der Waals surface area contributed by atoms with Gasteiger partial charge >= 0.3 is 0 Å². The van der Waals surface area contributed by atoms with Crippen molar-refractivity contribution in [2.45, 2.75) is 6.61 Å². The number of nitrogens with zero attached hydrogens (tertiary/aromatic N) is 1. The molecule has 2 N–H and O–H groups in total. The van der Waals surface area contributed by atoms with Gasteiger partial charge in [-0.3, -0.25) is 9.78 Å². The van der Waals surface area contributed by atoms with Crippen molar-refractivity contribution in [2.24, 2.45) is 0 Å². The fourth-order valence-corrected chi connectivity index (χ4v) is 1.67. The van der Waals surface area contributed by atoms with Gasteiger partial charge in [0.1, 0.15) is 0 Å². The van der Waals surface area contributed by atoms with Crippen LogP contribution in [0.1, 0.15) is 5.69 Å². The molecule has 0 saturated carbocycles. The quantitative estimate of drug-likeness (QED) is 0.873. The van der Waals surface area contributed by atoms with Gasteiger partial charge in [-0.1, -0.05) is 0 Å². The number of aromatic amines is 1. The normalized spacial score (nSPS) is 10.3. The third kappa shape index (κ3) is 3.33. The molecule has 1 aromatic heterocycles. The number of aromatic nitrogens is 2. The molecule has 7 heteroatoms. The minimum absolute atomic E-state index is 0.144. The Morgan fingerprint density at radius 2 is 2.15 bits per heavy atom. The van der Waals surface area contributed by atoms with Gasteiger partial charge in [0.2, 0.25) is 5.95 Å². The van der Waals surface area contributed by atoms with Crippen LogP contribution in [0, 0.1) is 5.82 Å². The first-order valence-corrected chi connectivity index (χ1v) is 5.82. The maximum Gasteiger partial charge on any atom is 0.252 e. The highest BCUT2D eigenvalue weighted by Gasteiger charge is 2.06. The van der Waals surface area contributed by atoms with E-state index in [1.54, 1.807) is 6.07 Å². The zero-order valence-electron chi connectivity index (χ0n) is 11.1. The molecule has 2 rings (SSSR count). The first-order valence-electron chi connectivity index (χ1n) is 5.82. The highest BCUT2D eigenvalue weighted by molar-refractivity contribution is 5.54. The summed E-state index contributed by atoms with van der Waals surface area (Å²) in [4.78, 5) is 18.1. The van der Waals surface area contributed by atoms with E-state index < -0.39 is 5.82 Å². The van der Waals surface area contributed by atoms with Crippen molar-refractivity contribution in [1.82, 2.24) is 9.97 Å². The number of ether oxygens (including phenoxy) is 2. The number of benzene rings is 1. The van der Waals surface area contributed by atoms with E-state index in [0.717, 1.165) is 0 Å². The summed E-state index contributed by atoms with van der Waals surface area (Å²) >= 11 is 0. The van der Waals surface area contributed by atoms with Gasteiger partial charge in [-0.25, -0.2) is 9.37 Å². The van der Waals surface area contributed by atoms with Crippen LogP contribution in [0.4, 0.5) is 16.0 Å². The van der Waals surface area contributed by atoms with E-state index in [-0.39, 0.29) is 23.9 Å². The standard InChI is InChI=1S/C13H14FN3O3/c1-19-7-9-6-12(18)17-13(16-9)15-8-3-4-11(20-2)10(14)5-8/h3-6H,7H2,1-2H3,(H2,15,16,17,18). The van der Waals surface area contributed by atoms with Crippen LogP contribution in [-0.4, -0.2) is 24.2 Å². The minimum atomic E-state index is -0.507. The van der Waals surface area contributed by atoms with Crippen LogP contribution in [0.3, 0.4) is 0 Å². The molecule has 0 fully saturated rings. The smallest absolute Gasteiger partial charge is 0.252 e. The molecule has 0 aliphatic carbocycles. The van der Waals surface area contributed by atoms with E-state index in [9.17, 15) is 9.18 Å². The summed E-state index contributed by atoms with van der Waals surface area (Å²) in [5, 5.41) is 2.82. The number of hydrogen-bond donors (Lipinski definition) is 2. The van der Waals surface area contributed by atoms with Crippen molar-refractivity contribution in [1.29, 1.82) is 0 Å². The van der Waals surface area contributed by atoms with Crippen molar-refractivity contribution < 1.29 is 13.9 Å². The number of hydrogen-bond acceptors (Lipinski definition) is 5. The lowest BCUT2D eigenvalue weighted by Gasteiger charge is -2.08. The first kappa shape index (κ1) is 14.0. The predicted octanol–water partition coefficient (Wildman–Crippen LogP) is 1.81. The molecule has 0 unspecified atom stereocenters. The Bertz CT molecular complexity index is 658. The van der Waals surface area contributed by atoms with Crippen molar-refractivity contribution >= 4 is 11.6 Å². The molecule has 6 nitrogen and oxygen atoms in total. The van der Waals surface area contributed by atoms with Crippen molar-refractivity contribution in [2.75, 3.05) is 19.5 Å². The molecule has 0 bridgehead atoms. The van der Waals surface area contributed by atoms with Crippen LogP contribution in [0.25, 0.3) is 0 Å². The number of methoxy groups -OCH3 is 2. The maximum absolute atomic E-state index is 13.6. The molecule has 0 atom stereocenters. The number of nitrogens with one attached hydrogen (secondary N) is 2. The Labute approximate surface area is 114 Å². The lowest BCUT2D eigenvalue weighted by Crippen LogP contribution is -2.12. The van der Waals surface area contributed by atoms with Crippen LogP contribution < -0.4 is 15.6 Å². The highest BCUT2D eigenvalue weighted by atomic mass is 19.1. The van der Waals surface area contributed by atoms with E-state index in [0.29, 0.717) is 11.4 Å². The zero-order chi connectivity index (χ0) is 14.5. The molecular weight excluding hydrogens is 265 g/mol. The second-order valence-electron chi connectivity index (χ2n) is 3.99. The summed E-state index contributed by atoms with van der Waals surface area (Å²) in [5.41, 5.74) is 0.609. The average molecular weight is 279 g/mol. The summed E-state index contributed by atoms with van der Waals surface area (Å²) in [6.45, 7) is 0.218. The molecule has 0 aliphatic heterocycles. The lowest BCUT2D eigenvalue weighted by atomic mass is 10.3. The van der Waals surface area contributed by atoms with Gasteiger partial charge in [0.25, 0.3) is 5.56 Å². The third-order valence-electron chi connectivity index (χ3n) is 2.50. The maximum atomic E-state index is 13.6. The van der Waals surface area contributed by atoms with Crippen molar-refractivity contribution in [3.63, 3.8) is 0 Å². The van der Waals surface area contributed by atoms with Gasteiger partial charge in [0.15, 0.2) is 11.6 Å². The molecule has 0 spiro atoms. The van der Waals surface area contributed by atoms with Gasteiger partial charge in [-0.2, -0.15) is 0 Å². The summed E-state index contributed by atoms with van der Waals surface area (Å²) in [5.74, 6) is -0.146. The molecule has 0 saturated heterocycles. The topological polar surface area (TPSA) is 76.2 Å². The van der Waals surface area contributed by atoms with Crippen molar-refractivity contribution in [3.8, 4) is 5.75 Å². The average Bonchev–Trinajstić information content (AvgIpc) is 2.38. The molecule has 0 amide bonds. The van der Waals surface area contributed by atoms with Crippen LogP contribution in [-0.2, 0) is 11.3 Å². The lowest BCUT2D eigenvalue weighted by molar-refractivity contribution is 0.181. The van der Waals surface area contributed by atoms with E-state index in [1.807, 2.05) is 0 Å². The predicted molar refractivity (Wildman–Crippen MR) is 71.8 cm³/mol. The van der Waals surface area contributed by atoms with Crippen LogP contribution >= 0.6 is 0 Å². The second kappa shape index (κ2) is 6.16. The van der Waals surface area contributed by atoms with Gasteiger partial charge in [-0.15, -0.1) is 0 Å². The molecule has 106 valence electrons. The second-order valence-corrected chi connectivity index (χ2v) is 3.99. The van der Waals surface area contributed by atoms with Gasteiger partial charge < -0.3 is 14.8 Å². The van der Waals surface area contributed by atoms with E-state index in [1.165, 1.54) is 32.4 Å². The first-order chi connectivity index (χ1) is 9.62. The molecule has 0 aliphatic rings. The molecule has 1 heterocycles. The van der Waals surface area contributed by atoms with Gasteiger partial charge in [0, 0.05) is 24.9 Å². The summed E-state index contributed by atoms with van der Waals surface area (Å²) < 4.78 is 23.3. The van der Waals surface area contributed by atoms with Gasteiger partial charge in [0.05, 0.1) is 19.4 Å². The van der Waals surface area contributed by atoms with Crippen LogP contribution in [0.5, 0.6) is 5.75 Å². The molecule has 20 heavy (non-hydrogen) atoms. The molecule has 1 aromatic carbocycles. The summed E-state index contributed by atoms with van der Waals surface area (Å²) in [6, 6.07) is 5.69. The minimum Gasteiger partial charge on any atom is -0.494 e. The Balaban J connectivity index is 2.25. The fourth-order valence-electron chi connectivity index (χ4n) is 1.67. The summed E-state index contributed by atoms with van der Waals surface area (Å²) in [6.07, 6.45) is 0. The van der Waals surface area contributed by atoms with Crippen LogP contribution in [0.15, 0.2) is 29.1 Å². The van der Waals surface area contributed by atoms with Crippen LogP contribution in [0.2, 0.25) is 0 Å². The molecular formula is C13H14FN3O3. The zero-order valence-corrected chi connectivity index (χ0v) is 11.1. The number of rotatable bonds is 5. The van der Waals surface area contributed by atoms with Crippen molar-refractivity contribution in [3.05, 3.63) is 46.1 Å². The summed E-state index contributed by atoms with van der Waals surface area (Å²) in [7, 11) is 2.90. The Kier molecular flexibility index (Phi) is 4.31. The molecule has 0 radical (unpaired) electrons. The molecule has 2 aromatic rings. The number of anilines is 2. The highest BCUT2D eigenvalue weighted by Crippen LogP contribution is 2.22. The Hall–Kier alpha value is -2.41. The monoisotopic (exact) mass is 279 g/mol. The van der Waals surface area contributed by atoms with Gasteiger partial charge in [-0.05, 0) is 12.1 Å². The largest absolute Gasteiger partial charge is 0.494 e. The SMILES string of the molecule is COCc1cc(=O)[nH]c(Nc2ccc(OC)c(F)c2)n1. The fraction of sp³-hybridized carbons (Fsp3) is 0.231. The number of halogens is 1. The van der Waals surface area contributed by atoms with E-state index in [2.05, 4.69) is 15.3 Å². The number of H-pyrrole nitrogens is 1.